The van der Waals surface area contributed by atoms with Crippen molar-refractivity contribution in [3.05, 3.63) is 45.1 Å². The zero-order chi connectivity index (χ0) is 14.7. The van der Waals surface area contributed by atoms with Crippen molar-refractivity contribution in [1.82, 2.24) is 9.97 Å². The van der Waals surface area contributed by atoms with Gasteiger partial charge < -0.3 is 5.32 Å². The molecule has 1 aromatic carbocycles. The average Bonchev–Trinajstić information content (AvgIpc) is 2.42. The van der Waals surface area contributed by atoms with Gasteiger partial charge in [-0.05, 0) is 31.2 Å². The Bertz CT molecular complexity index is 664. The fourth-order valence-electron chi connectivity index (χ4n) is 1.53. The van der Waals surface area contributed by atoms with Crippen LogP contribution in [0.4, 0.5) is 11.6 Å². The number of hydrogen-bond donors (Lipinski definition) is 3. The Kier molecular flexibility index (Phi) is 4.53. The molecule has 0 unspecified atom stereocenters. The van der Waals surface area contributed by atoms with Crippen molar-refractivity contribution in [2.45, 2.75) is 6.92 Å². The molecule has 20 heavy (non-hydrogen) atoms. The number of hydrazine groups is 1. The third-order valence-electron chi connectivity index (χ3n) is 2.39. The predicted octanol–water partition coefficient (Wildman–Crippen LogP) is 2.74. The molecule has 0 atom stereocenters. The molecular weight excluding hydrogens is 346 g/mol. The maximum atomic E-state index is 12.2. The molecule has 0 aliphatic carbocycles. The fourth-order valence-corrected chi connectivity index (χ4v) is 2.05. The van der Waals surface area contributed by atoms with Crippen LogP contribution in [0.5, 0.6) is 0 Å². The van der Waals surface area contributed by atoms with Crippen LogP contribution in [0.1, 0.15) is 16.2 Å². The molecule has 2 rings (SSSR count). The summed E-state index contributed by atoms with van der Waals surface area (Å²) in [6.07, 6.45) is 0. The summed E-state index contributed by atoms with van der Waals surface area (Å²) in [6, 6.07) is 6.72. The molecule has 1 aromatic heterocycles. The summed E-state index contributed by atoms with van der Waals surface area (Å²) in [5, 5.41) is 3.12. The summed E-state index contributed by atoms with van der Waals surface area (Å²) in [5.74, 6) is 5.03. The van der Waals surface area contributed by atoms with Crippen LogP contribution in [-0.2, 0) is 0 Å². The monoisotopic (exact) mass is 355 g/mol. The SMILES string of the molecule is Cc1cc(C(=O)Nc2cc(Br)ccc2Cl)nc(NN)n1. The minimum Gasteiger partial charge on any atom is -0.319 e. The van der Waals surface area contributed by atoms with Crippen LogP contribution in [0, 0.1) is 6.92 Å². The topological polar surface area (TPSA) is 92.9 Å². The van der Waals surface area contributed by atoms with Crippen LogP contribution in [-0.4, -0.2) is 15.9 Å². The van der Waals surface area contributed by atoms with E-state index in [-0.39, 0.29) is 11.6 Å². The first-order valence-electron chi connectivity index (χ1n) is 5.58. The summed E-state index contributed by atoms with van der Waals surface area (Å²) in [6.45, 7) is 1.74. The van der Waals surface area contributed by atoms with Crippen molar-refractivity contribution in [3.63, 3.8) is 0 Å². The van der Waals surface area contributed by atoms with Crippen LogP contribution in [0.15, 0.2) is 28.7 Å². The molecule has 1 amide bonds. The first kappa shape index (κ1) is 14.7. The summed E-state index contributed by atoms with van der Waals surface area (Å²) in [5.41, 5.74) is 3.62. The molecule has 0 aliphatic heterocycles. The second-order valence-electron chi connectivity index (χ2n) is 3.94. The Labute approximate surface area is 128 Å². The number of halogens is 2. The van der Waals surface area contributed by atoms with Crippen LogP contribution in [0.2, 0.25) is 5.02 Å². The molecule has 0 fully saturated rings. The smallest absolute Gasteiger partial charge is 0.274 e. The van der Waals surface area contributed by atoms with E-state index in [0.717, 1.165) is 4.47 Å². The summed E-state index contributed by atoms with van der Waals surface area (Å²) in [7, 11) is 0. The van der Waals surface area contributed by atoms with Gasteiger partial charge in [-0.25, -0.2) is 15.8 Å². The van der Waals surface area contributed by atoms with E-state index in [4.69, 9.17) is 17.4 Å². The number of aryl methyl sites for hydroxylation is 1. The summed E-state index contributed by atoms with van der Waals surface area (Å²) < 4.78 is 0.806. The second-order valence-corrected chi connectivity index (χ2v) is 5.26. The molecule has 8 heteroatoms. The van der Waals surface area contributed by atoms with Gasteiger partial charge in [0.2, 0.25) is 5.95 Å². The van der Waals surface area contributed by atoms with E-state index in [1.54, 1.807) is 31.2 Å². The molecule has 4 N–H and O–H groups in total. The molecular formula is C12H11BrClN5O. The van der Waals surface area contributed by atoms with E-state index in [9.17, 15) is 4.79 Å². The third-order valence-corrected chi connectivity index (χ3v) is 3.22. The zero-order valence-corrected chi connectivity index (χ0v) is 12.8. The van der Waals surface area contributed by atoms with Crippen molar-refractivity contribution in [1.29, 1.82) is 0 Å². The zero-order valence-electron chi connectivity index (χ0n) is 10.4. The third kappa shape index (κ3) is 3.44. The first-order chi connectivity index (χ1) is 9.49. The highest BCUT2D eigenvalue weighted by molar-refractivity contribution is 9.10. The van der Waals surface area contributed by atoms with Gasteiger partial charge in [-0.2, -0.15) is 0 Å². The highest BCUT2D eigenvalue weighted by Crippen LogP contribution is 2.26. The number of nitrogens with one attached hydrogen (secondary N) is 2. The van der Waals surface area contributed by atoms with Crippen LogP contribution in [0.3, 0.4) is 0 Å². The van der Waals surface area contributed by atoms with Crippen molar-refractivity contribution >= 4 is 45.1 Å². The summed E-state index contributed by atoms with van der Waals surface area (Å²) in [4.78, 5) is 20.2. The van der Waals surface area contributed by atoms with Crippen LogP contribution < -0.4 is 16.6 Å². The minimum atomic E-state index is -0.396. The van der Waals surface area contributed by atoms with Gasteiger partial charge in [-0.3, -0.25) is 10.2 Å². The molecule has 104 valence electrons. The average molecular weight is 357 g/mol. The van der Waals surface area contributed by atoms with E-state index in [2.05, 4.69) is 36.6 Å². The number of carbonyl (C=O) groups is 1. The molecule has 0 spiro atoms. The number of nitrogens with two attached hydrogens (primary N) is 1. The maximum Gasteiger partial charge on any atom is 0.274 e. The van der Waals surface area contributed by atoms with E-state index in [1.807, 2.05) is 0 Å². The van der Waals surface area contributed by atoms with Crippen LogP contribution in [0.25, 0.3) is 0 Å². The molecule has 2 aromatic rings. The normalized spacial score (nSPS) is 10.2. The quantitative estimate of drug-likeness (QED) is 0.581. The number of amides is 1. The lowest BCUT2D eigenvalue weighted by atomic mass is 10.3. The Balaban J connectivity index is 2.28. The van der Waals surface area contributed by atoms with Gasteiger partial charge in [-0.15, -0.1) is 0 Å². The van der Waals surface area contributed by atoms with Crippen molar-refractivity contribution in [2.75, 3.05) is 10.7 Å². The van der Waals surface area contributed by atoms with Gasteiger partial charge in [0.15, 0.2) is 0 Å². The Morgan fingerprint density at radius 1 is 1.35 bits per heavy atom. The fraction of sp³-hybridized carbons (Fsp3) is 0.0833. The van der Waals surface area contributed by atoms with Crippen LogP contribution >= 0.6 is 27.5 Å². The molecule has 0 radical (unpaired) electrons. The lowest BCUT2D eigenvalue weighted by Crippen LogP contribution is -2.18. The number of anilines is 2. The number of nitrogen functional groups attached to an aromatic ring is 1. The summed E-state index contributed by atoms with van der Waals surface area (Å²) >= 11 is 9.33. The number of hydrogen-bond acceptors (Lipinski definition) is 5. The highest BCUT2D eigenvalue weighted by atomic mass is 79.9. The van der Waals surface area contributed by atoms with E-state index < -0.39 is 5.91 Å². The molecule has 1 heterocycles. The van der Waals surface area contributed by atoms with E-state index in [0.29, 0.717) is 16.4 Å². The Morgan fingerprint density at radius 2 is 2.10 bits per heavy atom. The van der Waals surface area contributed by atoms with Crippen molar-refractivity contribution in [2.24, 2.45) is 5.84 Å². The van der Waals surface area contributed by atoms with Gasteiger partial charge in [0.05, 0.1) is 10.7 Å². The lowest BCUT2D eigenvalue weighted by molar-refractivity contribution is 0.102. The number of rotatable bonds is 3. The lowest BCUT2D eigenvalue weighted by Gasteiger charge is -2.08. The van der Waals surface area contributed by atoms with Gasteiger partial charge in [0.25, 0.3) is 5.91 Å². The molecule has 0 bridgehead atoms. The maximum absolute atomic E-state index is 12.2. The molecule has 0 saturated carbocycles. The van der Waals surface area contributed by atoms with Gasteiger partial charge >= 0.3 is 0 Å². The second kappa shape index (κ2) is 6.17. The Morgan fingerprint density at radius 3 is 2.80 bits per heavy atom. The molecule has 6 nitrogen and oxygen atoms in total. The molecule has 0 saturated heterocycles. The standard InChI is InChI=1S/C12H11BrClN5O/c1-6-4-10(18-12(16-6)19-15)11(20)17-9-5-7(13)2-3-8(9)14/h2-5H,15H2,1H3,(H,17,20)(H,16,18,19). The largest absolute Gasteiger partial charge is 0.319 e. The number of benzene rings is 1. The van der Waals surface area contributed by atoms with Crippen molar-refractivity contribution in [3.8, 4) is 0 Å². The number of aromatic nitrogens is 2. The van der Waals surface area contributed by atoms with Gasteiger partial charge in [0, 0.05) is 10.2 Å². The van der Waals surface area contributed by atoms with E-state index in [1.165, 1.54) is 0 Å². The molecule has 0 aliphatic rings. The minimum absolute atomic E-state index is 0.176. The van der Waals surface area contributed by atoms with Crippen molar-refractivity contribution < 1.29 is 4.79 Å². The Hall–Kier alpha value is -1.70. The number of carbonyl (C=O) groups excluding carboxylic acids is 1. The van der Waals surface area contributed by atoms with Gasteiger partial charge in [-0.1, -0.05) is 27.5 Å². The first-order valence-corrected chi connectivity index (χ1v) is 6.75. The van der Waals surface area contributed by atoms with Gasteiger partial charge in [0.1, 0.15) is 5.69 Å². The predicted molar refractivity (Wildman–Crippen MR) is 81.7 cm³/mol. The number of nitrogens with zero attached hydrogens (tertiary/aromatic N) is 2. The highest BCUT2D eigenvalue weighted by Gasteiger charge is 2.12. The van der Waals surface area contributed by atoms with E-state index >= 15 is 0 Å².